The zero-order valence-electron chi connectivity index (χ0n) is 9.00. The first-order valence-electron chi connectivity index (χ1n) is 4.76. The molecule has 17 heavy (non-hydrogen) atoms. The highest BCUT2D eigenvalue weighted by molar-refractivity contribution is 6.33. The Morgan fingerprint density at radius 2 is 2.18 bits per heavy atom. The summed E-state index contributed by atoms with van der Waals surface area (Å²) in [6.07, 6.45) is 0.176. The highest BCUT2D eigenvalue weighted by Crippen LogP contribution is 2.30. The molecule has 1 N–H and O–H groups in total. The fourth-order valence-corrected chi connectivity index (χ4v) is 1.64. The Balaban J connectivity index is 2.99. The monoisotopic (exact) mass is 276 g/mol. The number of halogens is 2. The number of amides is 1. The Morgan fingerprint density at radius 3 is 2.71 bits per heavy atom. The lowest BCUT2D eigenvalue weighted by atomic mass is 10.1. The first-order chi connectivity index (χ1) is 7.95. The second-order valence-corrected chi connectivity index (χ2v) is 4.15. The van der Waals surface area contributed by atoms with Crippen molar-refractivity contribution >= 4 is 40.5 Å². The van der Waals surface area contributed by atoms with Crippen molar-refractivity contribution in [1.29, 1.82) is 0 Å². The standard InChI is InChI=1S/C10H10Cl2N2O3/c1-6-4-9(14(16)17)7(12)5-8(6)13-10(15)2-3-11/h4-5H,2-3H2,1H3,(H,13,15). The molecule has 0 aliphatic heterocycles. The van der Waals surface area contributed by atoms with Crippen LogP contribution in [0.1, 0.15) is 12.0 Å². The molecule has 5 nitrogen and oxygen atoms in total. The number of anilines is 1. The minimum atomic E-state index is -0.570. The number of nitrogens with zero attached hydrogens (tertiary/aromatic N) is 1. The molecule has 0 spiro atoms. The fraction of sp³-hybridized carbons (Fsp3) is 0.300. The lowest BCUT2D eigenvalue weighted by molar-refractivity contribution is -0.384. The minimum absolute atomic E-state index is 0.0122. The number of carbonyl (C=O) groups is 1. The summed E-state index contributed by atoms with van der Waals surface area (Å²) in [4.78, 5) is 21.4. The number of nitro benzene ring substituents is 1. The lowest BCUT2D eigenvalue weighted by Crippen LogP contribution is -2.12. The average Bonchev–Trinajstić information content (AvgIpc) is 2.22. The molecule has 0 fully saturated rings. The molecule has 0 aliphatic rings. The molecule has 0 saturated carbocycles. The number of carbonyl (C=O) groups excluding carboxylic acids is 1. The number of nitrogens with one attached hydrogen (secondary N) is 1. The van der Waals surface area contributed by atoms with E-state index >= 15 is 0 Å². The van der Waals surface area contributed by atoms with Crippen LogP contribution in [0, 0.1) is 17.0 Å². The van der Waals surface area contributed by atoms with Crippen LogP contribution in [0.25, 0.3) is 0 Å². The van der Waals surface area contributed by atoms with E-state index in [9.17, 15) is 14.9 Å². The summed E-state index contributed by atoms with van der Waals surface area (Å²) in [6.45, 7) is 1.65. The van der Waals surface area contributed by atoms with Gasteiger partial charge >= 0.3 is 0 Å². The Kier molecular flexibility index (Phi) is 4.72. The van der Waals surface area contributed by atoms with E-state index in [1.165, 1.54) is 12.1 Å². The third-order valence-electron chi connectivity index (χ3n) is 2.09. The van der Waals surface area contributed by atoms with Crippen molar-refractivity contribution < 1.29 is 9.72 Å². The van der Waals surface area contributed by atoms with Crippen molar-refractivity contribution in [1.82, 2.24) is 0 Å². The molecular weight excluding hydrogens is 267 g/mol. The number of hydrogen-bond acceptors (Lipinski definition) is 3. The first kappa shape index (κ1) is 13.7. The maximum atomic E-state index is 11.3. The van der Waals surface area contributed by atoms with Crippen LogP contribution in [-0.4, -0.2) is 16.7 Å². The molecule has 0 bridgehead atoms. The van der Waals surface area contributed by atoms with Crippen molar-refractivity contribution in [2.45, 2.75) is 13.3 Å². The van der Waals surface area contributed by atoms with E-state index in [-0.39, 0.29) is 28.9 Å². The molecule has 1 aromatic carbocycles. The molecule has 7 heteroatoms. The van der Waals surface area contributed by atoms with Crippen molar-refractivity contribution in [3.63, 3.8) is 0 Å². The van der Waals surface area contributed by atoms with Crippen LogP contribution in [0.4, 0.5) is 11.4 Å². The summed E-state index contributed by atoms with van der Waals surface area (Å²) in [6, 6.07) is 2.68. The molecule has 0 heterocycles. The molecular formula is C10H10Cl2N2O3. The van der Waals surface area contributed by atoms with E-state index in [0.717, 1.165) is 0 Å². The van der Waals surface area contributed by atoms with Crippen LogP contribution < -0.4 is 5.32 Å². The van der Waals surface area contributed by atoms with Gasteiger partial charge in [-0.05, 0) is 18.6 Å². The number of hydrogen-bond donors (Lipinski definition) is 1. The van der Waals surface area contributed by atoms with E-state index in [1.54, 1.807) is 6.92 Å². The van der Waals surface area contributed by atoms with Crippen molar-refractivity contribution in [2.75, 3.05) is 11.2 Å². The maximum Gasteiger partial charge on any atom is 0.288 e. The van der Waals surface area contributed by atoms with Gasteiger partial charge in [-0.1, -0.05) is 11.6 Å². The van der Waals surface area contributed by atoms with Gasteiger partial charge < -0.3 is 5.32 Å². The second kappa shape index (κ2) is 5.84. The average molecular weight is 277 g/mol. The number of aryl methyl sites for hydroxylation is 1. The van der Waals surface area contributed by atoms with E-state index < -0.39 is 4.92 Å². The van der Waals surface area contributed by atoms with Crippen LogP contribution >= 0.6 is 23.2 Å². The van der Waals surface area contributed by atoms with E-state index in [2.05, 4.69) is 5.32 Å². The van der Waals surface area contributed by atoms with Crippen molar-refractivity contribution in [2.24, 2.45) is 0 Å². The van der Waals surface area contributed by atoms with Gasteiger partial charge in [0.2, 0.25) is 5.91 Å². The lowest BCUT2D eigenvalue weighted by Gasteiger charge is -2.08. The van der Waals surface area contributed by atoms with Gasteiger partial charge in [-0.25, -0.2) is 0 Å². The third kappa shape index (κ3) is 3.57. The summed E-state index contributed by atoms with van der Waals surface area (Å²) in [7, 11) is 0. The Labute approximate surface area is 108 Å². The van der Waals surface area contributed by atoms with Gasteiger partial charge in [0.15, 0.2) is 0 Å². The van der Waals surface area contributed by atoms with Crippen molar-refractivity contribution in [3.05, 3.63) is 32.8 Å². The molecule has 0 aromatic heterocycles. The summed E-state index contributed by atoms with van der Waals surface area (Å²) < 4.78 is 0. The van der Waals surface area contributed by atoms with Gasteiger partial charge in [0, 0.05) is 24.1 Å². The molecule has 92 valence electrons. The van der Waals surface area contributed by atoms with Gasteiger partial charge in [-0.3, -0.25) is 14.9 Å². The SMILES string of the molecule is Cc1cc([N+](=O)[O-])c(Cl)cc1NC(=O)CCCl. The Bertz CT molecular complexity index is 463. The topological polar surface area (TPSA) is 72.2 Å². The highest BCUT2D eigenvalue weighted by Gasteiger charge is 2.15. The van der Waals surface area contributed by atoms with Crippen LogP contribution in [0.3, 0.4) is 0 Å². The van der Waals surface area contributed by atoms with Gasteiger partial charge in [0.05, 0.1) is 4.92 Å². The van der Waals surface area contributed by atoms with Gasteiger partial charge in [-0.15, -0.1) is 11.6 Å². The van der Waals surface area contributed by atoms with Gasteiger partial charge in [0.25, 0.3) is 5.69 Å². The molecule has 0 radical (unpaired) electrons. The molecule has 1 amide bonds. The zero-order valence-corrected chi connectivity index (χ0v) is 10.5. The van der Waals surface area contributed by atoms with Gasteiger partial charge in [-0.2, -0.15) is 0 Å². The molecule has 1 rings (SSSR count). The smallest absolute Gasteiger partial charge is 0.288 e. The zero-order chi connectivity index (χ0) is 13.0. The predicted octanol–water partition coefficient (Wildman–Crippen LogP) is 3.12. The number of rotatable bonds is 4. The molecule has 1 aromatic rings. The van der Waals surface area contributed by atoms with Gasteiger partial charge in [0.1, 0.15) is 5.02 Å². The number of benzene rings is 1. The van der Waals surface area contributed by atoms with Crippen LogP contribution in [0.15, 0.2) is 12.1 Å². The number of nitro groups is 1. The van der Waals surface area contributed by atoms with E-state index in [0.29, 0.717) is 11.3 Å². The first-order valence-corrected chi connectivity index (χ1v) is 5.67. The molecule has 0 atom stereocenters. The summed E-state index contributed by atoms with van der Waals surface area (Å²) in [5, 5.41) is 13.2. The van der Waals surface area contributed by atoms with Crippen LogP contribution in [0.2, 0.25) is 5.02 Å². The molecule has 0 aliphatic carbocycles. The van der Waals surface area contributed by atoms with Crippen molar-refractivity contribution in [3.8, 4) is 0 Å². The highest BCUT2D eigenvalue weighted by atomic mass is 35.5. The fourth-order valence-electron chi connectivity index (χ4n) is 1.24. The second-order valence-electron chi connectivity index (χ2n) is 3.36. The van der Waals surface area contributed by atoms with Crippen LogP contribution in [0.5, 0.6) is 0 Å². The maximum absolute atomic E-state index is 11.3. The summed E-state index contributed by atoms with van der Waals surface area (Å²) in [5.74, 6) is -0.0426. The Hall–Kier alpha value is -1.33. The van der Waals surface area contributed by atoms with E-state index in [1.807, 2.05) is 0 Å². The number of alkyl halides is 1. The molecule has 0 saturated heterocycles. The van der Waals surface area contributed by atoms with Crippen LogP contribution in [-0.2, 0) is 4.79 Å². The quantitative estimate of drug-likeness (QED) is 0.522. The largest absolute Gasteiger partial charge is 0.326 e. The minimum Gasteiger partial charge on any atom is -0.326 e. The van der Waals surface area contributed by atoms with E-state index in [4.69, 9.17) is 23.2 Å². The Morgan fingerprint density at radius 1 is 1.53 bits per heavy atom. The predicted molar refractivity (Wildman–Crippen MR) is 66.8 cm³/mol. The summed E-state index contributed by atoms with van der Waals surface area (Å²) in [5.41, 5.74) is 0.847. The third-order valence-corrected chi connectivity index (χ3v) is 2.58. The molecule has 0 unspecified atom stereocenters. The summed E-state index contributed by atoms with van der Waals surface area (Å²) >= 11 is 11.2. The normalized spacial score (nSPS) is 10.1.